The molecule has 5 heteroatoms. The van der Waals surface area contributed by atoms with E-state index in [4.69, 9.17) is 4.74 Å². The average Bonchev–Trinajstić information content (AvgIpc) is 3.17. The summed E-state index contributed by atoms with van der Waals surface area (Å²) in [6, 6.07) is 18.6. The fourth-order valence-corrected chi connectivity index (χ4v) is 3.23. The van der Waals surface area contributed by atoms with E-state index in [1.54, 1.807) is 25.6 Å². The number of aromatic nitrogens is 3. The maximum Gasteiger partial charge on any atom is 0.168 e. The highest BCUT2D eigenvalue weighted by Crippen LogP contribution is 2.27. The van der Waals surface area contributed by atoms with Crippen molar-refractivity contribution in [2.45, 2.75) is 12.8 Å². The van der Waals surface area contributed by atoms with Gasteiger partial charge in [0.1, 0.15) is 17.9 Å². The van der Waals surface area contributed by atoms with Gasteiger partial charge < -0.3 is 4.74 Å². The largest absolute Gasteiger partial charge is 0.496 e. The van der Waals surface area contributed by atoms with Crippen molar-refractivity contribution < 1.29 is 9.13 Å². The molecule has 130 valence electrons. The van der Waals surface area contributed by atoms with Gasteiger partial charge in [0.15, 0.2) is 5.65 Å². The second-order valence-corrected chi connectivity index (χ2v) is 6.05. The molecule has 0 aliphatic rings. The Labute approximate surface area is 150 Å². The van der Waals surface area contributed by atoms with Crippen LogP contribution in [0.25, 0.3) is 16.8 Å². The van der Waals surface area contributed by atoms with Crippen LogP contribution in [-0.4, -0.2) is 21.7 Å². The zero-order valence-corrected chi connectivity index (χ0v) is 14.4. The van der Waals surface area contributed by atoms with Gasteiger partial charge in [0.2, 0.25) is 0 Å². The van der Waals surface area contributed by atoms with Crippen LogP contribution in [0.4, 0.5) is 4.39 Å². The number of ether oxygens (including phenoxy) is 1. The van der Waals surface area contributed by atoms with E-state index in [-0.39, 0.29) is 5.82 Å². The van der Waals surface area contributed by atoms with Crippen molar-refractivity contribution >= 4 is 5.65 Å². The molecule has 0 saturated heterocycles. The zero-order chi connectivity index (χ0) is 17.9. The summed E-state index contributed by atoms with van der Waals surface area (Å²) < 4.78 is 21.5. The molecular weight excluding hydrogens is 329 g/mol. The maximum atomic E-state index is 14.2. The predicted molar refractivity (Wildman–Crippen MR) is 98.8 cm³/mol. The lowest BCUT2D eigenvalue weighted by atomic mass is 10.0. The second-order valence-electron chi connectivity index (χ2n) is 6.05. The summed E-state index contributed by atoms with van der Waals surface area (Å²) in [6.07, 6.45) is 3.31. The number of pyridine rings is 1. The number of halogens is 1. The standard InChI is InChI=1S/C21H18FN3O/c1-26-20-9-5-2-6-15(20)10-11-16-12-13-18(21-24-23-14-25(16)21)17-7-3-4-8-19(17)22/h2-9,12-14H,10-11H2,1H3. The fourth-order valence-electron chi connectivity index (χ4n) is 3.23. The smallest absolute Gasteiger partial charge is 0.168 e. The minimum atomic E-state index is -0.265. The molecule has 0 amide bonds. The highest BCUT2D eigenvalue weighted by molar-refractivity contribution is 5.77. The first-order valence-electron chi connectivity index (χ1n) is 8.46. The van der Waals surface area contributed by atoms with Gasteiger partial charge in [-0.2, -0.15) is 0 Å². The van der Waals surface area contributed by atoms with Crippen LogP contribution in [0.15, 0.2) is 67.0 Å². The molecule has 26 heavy (non-hydrogen) atoms. The molecule has 0 fully saturated rings. The number of hydrogen-bond donors (Lipinski definition) is 0. The van der Waals surface area contributed by atoms with Crippen molar-refractivity contribution in [1.29, 1.82) is 0 Å². The van der Waals surface area contributed by atoms with Crippen LogP contribution in [0, 0.1) is 5.82 Å². The summed E-state index contributed by atoms with van der Waals surface area (Å²) in [5.74, 6) is 0.620. The van der Waals surface area contributed by atoms with E-state index in [2.05, 4.69) is 16.3 Å². The molecular formula is C21H18FN3O. The van der Waals surface area contributed by atoms with Crippen molar-refractivity contribution in [3.05, 3.63) is 84.1 Å². The molecule has 0 aliphatic heterocycles. The quantitative estimate of drug-likeness (QED) is 0.539. The number of fused-ring (bicyclic) bond motifs is 1. The van der Waals surface area contributed by atoms with Gasteiger partial charge in [-0.3, -0.25) is 4.40 Å². The van der Waals surface area contributed by atoms with E-state index in [0.29, 0.717) is 11.2 Å². The Morgan fingerprint density at radius 2 is 1.73 bits per heavy atom. The van der Waals surface area contributed by atoms with Crippen molar-refractivity contribution in [3.63, 3.8) is 0 Å². The van der Waals surface area contributed by atoms with Gasteiger partial charge in [-0.25, -0.2) is 4.39 Å². The molecule has 4 aromatic rings. The summed E-state index contributed by atoms with van der Waals surface area (Å²) in [7, 11) is 1.68. The lowest BCUT2D eigenvalue weighted by Crippen LogP contribution is -2.02. The van der Waals surface area contributed by atoms with E-state index in [9.17, 15) is 4.39 Å². The molecule has 2 heterocycles. The number of benzene rings is 2. The van der Waals surface area contributed by atoms with Crippen LogP contribution in [0.2, 0.25) is 0 Å². The van der Waals surface area contributed by atoms with Gasteiger partial charge in [-0.1, -0.05) is 36.4 Å². The van der Waals surface area contributed by atoms with Gasteiger partial charge in [0, 0.05) is 16.8 Å². The van der Waals surface area contributed by atoms with E-state index in [0.717, 1.165) is 35.4 Å². The highest BCUT2D eigenvalue weighted by atomic mass is 19.1. The third kappa shape index (κ3) is 2.92. The molecule has 0 aliphatic carbocycles. The third-order valence-corrected chi connectivity index (χ3v) is 4.55. The number of aryl methyl sites for hydroxylation is 2. The SMILES string of the molecule is COc1ccccc1CCc1ccc(-c2ccccc2F)c2nncn12. The van der Waals surface area contributed by atoms with Crippen LogP contribution in [-0.2, 0) is 12.8 Å². The average molecular weight is 347 g/mol. The van der Waals surface area contributed by atoms with E-state index < -0.39 is 0 Å². The lowest BCUT2D eigenvalue weighted by molar-refractivity contribution is 0.409. The van der Waals surface area contributed by atoms with Crippen molar-refractivity contribution in [3.8, 4) is 16.9 Å². The van der Waals surface area contributed by atoms with Crippen molar-refractivity contribution in [2.24, 2.45) is 0 Å². The predicted octanol–water partition coefficient (Wildman–Crippen LogP) is 4.33. The van der Waals surface area contributed by atoms with Gasteiger partial charge >= 0.3 is 0 Å². The van der Waals surface area contributed by atoms with Crippen LogP contribution in [0.3, 0.4) is 0 Å². The van der Waals surface area contributed by atoms with Crippen LogP contribution >= 0.6 is 0 Å². The highest BCUT2D eigenvalue weighted by Gasteiger charge is 2.13. The molecule has 4 nitrogen and oxygen atoms in total. The van der Waals surface area contributed by atoms with E-state index in [1.165, 1.54) is 6.07 Å². The van der Waals surface area contributed by atoms with Gasteiger partial charge in [-0.05, 0) is 42.7 Å². The second kappa shape index (κ2) is 6.96. The van der Waals surface area contributed by atoms with Crippen molar-refractivity contribution in [2.75, 3.05) is 7.11 Å². The molecule has 0 N–H and O–H groups in total. The molecule has 0 unspecified atom stereocenters. The number of methoxy groups -OCH3 is 1. The first-order valence-corrected chi connectivity index (χ1v) is 8.46. The topological polar surface area (TPSA) is 39.4 Å². The van der Waals surface area contributed by atoms with E-state index >= 15 is 0 Å². The zero-order valence-electron chi connectivity index (χ0n) is 14.4. The minimum Gasteiger partial charge on any atom is -0.496 e. The molecule has 0 bridgehead atoms. The minimum absolute atomic E-state index is 0.265. The fraction of sp³-hybridized carbons (Fsp3) is 0.143. The number of hydrogen-bond acceptors (Lipinski definition) is 3. The summed E-state index contributed by atoms with van der Waals surface area (Å²) >= 11 is 0. The third-order valence-electron chi connectivity index (χ3n) is 4.55. The summed E-state index contributed by atoms with van der Waals surface area (Å²) in [4.78, 5) is 0. The maximum absolute atomic E-state index is 14.2. The first-order chi connectivity index (χ1) is 12.8. The normalized spacial score (nSPS) is 11.0. The summed E-state index contributed by atoms with van der Waals surface area (Å²) in [5, 5.41) is 8.24. The lowest BCUT2D eigenvalue weighted by Gasteiger charge is -2.11. The summed E-state index contributed by atoms with van der Waals surface area (Å²) in [6.45, 7) is 0. The molecule has 0 saturated carbocycles. The molecule has 2 aromatic heterocycles. The van der Waals surface area contributed by atoms with Gasteiger partial charge in [0.05, 0.1) is 7.11 Å². The Kier molecular flexibility index (Phi) is 4.35. The Morgan fingerprint density at radius 1 is 0.923 bits per heavy atom. The Balaban J connectivity index is 1.69. The Bertz CT molecular complexity index is 1060. The number of rotatable bonds is 5. The number of nitrogens with zero attached hydrogens (tertiary/aromatic N) is 3. The molecule has 4 rings (SSSR count). The monoisotopic (exact) mass is 347 g/mol. The Hall–Kier alpha value is -3.21. The molecule has 2 aromatic carbocycles. The van der Waals surface area contributed by atoms with E-state index in [1.807, 2.05) is 40.8 Å². The Morgan fingerprint density at radius 3 is 2.58 bits per heavy atom. The molecule has 0 radical (unpaired) electrons. The first kappa shape index (κ1) is 16.3. The molecule has 0 atom stereocenters. The van der Waals surface area contributed by atoms with Gasteiger partial charge in [0.25, 0.3) is 0 Å². The van der Waals surface area contributed by atoms with Crippen LogP contribution in [0.1, 0.15) is 11.3 Å². The number of para-hydroxylation sites is 1. The van der Waals surface area contributed by atoms with Crippen LogP contribution in [0.5, 0.6) is 5.75 Å². The van der Waals surface area contributed by atoms with Gasteiger partial charge in [-0.15, -0.1) is 10.2 Å². The summed E-state index contributed by atoms with van der Waals surface area (Å²) in [5.41, 5.74) is 4.14. The molecule has 0 spiro atoms. The van der Waals surface area contributed by atoms with Crippen LogP contribution < -0.4 is 4.74 Å². The van der Waals surface area contributed by atoms with Crippen molar-refractivity contribution in [1.82, 2.24) is 14.6 Å².